The first-order valence-electron chi connectivity index (χ1n) is 16.0. The van der Waals surface area contributed by atoms with Gasteiger partial charge in [-0.25, -0.2) is 18.6 Å². The number of anilines is 1. The van der Waals surface area contributed by atoms with Crippen molar-refractivity contribution in [2.75, 3.05) is 25.9 Å². The van der Waals surface area contributed by atoms with Crippen molar-refractivity contribution in [1.29, 1.82) is 0 Å². The number of hydrogen-bond donors (Lipinski definition) is 2. The first kappa shape index (κ1) is 36.7. The third-order valence-electron chi connectivity index (χ3n) is 8.10. The Morgan fingerprint density at radius 1 is 1.10 bits per heavy atom. The van der Waals surface area contributed by atoms with Crippen LogP contribution in [0.4, 0.5) is 32.4 Å². The molecule has 3 aromatic rings. The third-order valence-corrected chi connectivity index (χ3v) is 8.10. The molecule has 2 saturated carbocycles. The van der Waals surface area contributed by atoms with Crippen LogP contribution in [0.2, 0.25) is 0 Å². The molecule has 1 aromatic carbocycles. The summed E-state index contributed by atoms with van der Waals surface area (Å²) >= 11 is 0. The number of nitrogens with two attached hydrogens (primary N) is 1. The predicted molar refractivity (Wildman–Crippen MR) is 170 cm³/mol. The first-order valence-corrected chi connectivity index (χ1v) is 16.0. The number of amides is 2. The number of likely N-dealkylation sites (tertiary alicyclic amines) is 1. The van der Waals surface area contributed by atoms with E-state index in [4.69, 9.17) is 20.4 Å². The Balaban J connectivity index is 0.000000808. The number of halogens is 5. The minimum Gasteiger partial charge on any atom is -0.444 e. The number of pyridine rings is 1. The molecule has 1 aliphatic heterocycles. The molecule has 1 saturated heterocycles. The molecule has 2 aliphatic carbocycles. The fourth-order valence-corrected chi connectivity index (χ4v) is 6.08. The van der Waals surface area contributed by atoms with Crippen molar-refractivity contribution in [3.8, 4) is 17.0 Å². The molecule has 3 fully saturated rings. The molecule has 3 heterocycles. The van der Waals surface area contributed by atoms with Gasteiger partial charge in [-0.3, -0.25) is 9.48 Å². The van der Waals surface area contributed by atoms with Gasteiger partial charge in [0.05, 0.1) is 23.0 Å². The van der Waals surface area contributed by atoms with Crippen molar-refractivity contribution in [2.24, 2.45) is 11.8 Å². The summed E-state index contributed by atoms with van der Waals surface area (Å²) in [4.78, 5) is 27.9. The molecule has 3 aliphatic rings. The van der Waals surface area contributed by atoms with Gasteiger partial charge in [-0.2, -0.15) is 5.10 Å². The lowest BCUT2D eigenvalue weighted by Gasteiger charge is -2.25. The molecular formula is C33H43F5N6O4. The van der Waals surface area contributed by atoms with Crippen LogP contribution in [0.1, 0.15) is 90.6 Å². The predicted octanol–water partition coefficient (Wildman–Crippen LogP) is 7.28. The fourth-order valence-electron chi connectivity index (χ4n) is 6.08. The number of carbonyl (C=O) groups is 2. The largest absolute Gasteiger partial charge is 0.573 e. The van der Waals surface area contributed by atoms with Gasteiger partial charge < -0.3 is 25.4 Å². The number of nitrogens with zero attached hydrogens (tertiary/aromatic N) is 4. The van der Waals surface area contributed by atoms with Crippen LogP contribution in [0.3, 0.4) is 0 Å². The highest BCUT2D eigenvalue weighted by Crippen LogP contribution is 2.60. The molecule has 15 heteroatoms. The normalized spacial score (nSPS) is 20.0. The van der Waals surface area contributed by atoms with Crippen LogP contribution in [0.15, 0.2) is 12.1 Å². The minimum absolute atomic E-state index is 0.0373. The quantitative estimate of drug-likeness (QED) is 0.159. The molecule has 3 N–H and O–H groups in total. The van der Waals surface area contributed by atoms with E-state index in [2.05, 4.69) is 15.0 Å². The monoisotopic (exact) mass is 682 g/mol. The highest BCUT2D eigenvalue weighted by atomic mass is 19.4. The van der Waals surface area contributed by atoms with Crippen LogP contribution in [-0.2, 0) is 9.53 Å². The van der Waals surface area contributed by atoms with Crippen LogP contribution in [-0.4, -0.2) is 64.3 Å². The van der Waals surface area contributed by atoms with Crippen molar-refractivity contribution < 1.29 is 41.0 Å². The van der Waals surface area contributed by atoms with Crippen LogP contribution in [0.25, 0.3) is 22.2 Å². The average molecular weight is 683 g/mol. The zero-order valence-electron chi connectivity index (χ0n) is 28.3. The number of nitrogen functional groups attached to an aromatic ring is 1. The molecule has 3 atom stereocenters. The second-order valence-corrected chi connectivity index (χ2v) is 13.2. The van der Waals surface area contributed by atoms with Crippen LogP contribution < -0.4 is 15.8 Å². The van der Waals surface area contributed by atoms with Crippen molar-refractivity contribution in [1.82, 2.24) is 25.0 Å². The molecule has 1 unspecified atom stereocenters. The molecule has 10 nitrogen and oxygen atoms in total. The molecule has 0 bridgehead atoms. The minimum atomic E-state index is -5.23. The van der Waals surface area contributed by atoms with E-state index < -0.39 is 40.6 Å². The van der Waals surface area contributed by atoms with Gasteiger partial charge >= 0.3 is 12.5 Å². The number of ether oxygens (including phenoxy) is 2. The maximum atomic E-state index is 16.5. The SMILES string of the molecule is CC.CC(C)c1nc(-c2cc(N)cc(F)c2OC(F)(F)F)c(F)c2c1c(C1[C@H]3CN(C(=O)OC(C)(C)C)C[C@@H]13)nn2C1CC1.CNC=O. The summed E-state index contributed by atoms with van der Waals surface area (Å²) in [6, 6.07) is 1.63. The summed E-state index contributed by atoms with van der Waals surface area (Å²) in [6.45, 7) is 14.1. The molecule has 0 spiro atoms. The Morgan fingerprint density at radius 3 is 2.17 bits per heavy atom. The lowest BCUT2D eigenvalue weighted by atomic mass is 9.98. The second-order valence-electron chi connectivity index (χ2n) is 13.2. The number of rotatable bonds is 6. The van der Waals surface area contributed by atoms with Gasteiger partial charge in [0.1, 0.15) is 16.8 Å². The van der Waals surface area contributed by atoms with E-state index in [0.29, 0.717) is 42.3 Å². The van der Waals surface area contributed by atoms with Gasteiger partial charge in [0.15, 0.2) is 17.4 Å². The molecule has 0 radical (unpaired) electrons. The van der Waals surface area contributed by atoms with Crippen LogP contribution >= 0.6 is 0 Å². The van der Waals surface area contributed by atoms with Crippen LogP contribution in [0.5, 0.6) is 5.75 Å². The Morgan fingerprint density at radius 2 is 1.69 bits per heavy atom. The number of nitrogens with one attached hydrogen (secondary N) is 1. The molecular weight excluding hydrogens is 639 g/mol. The van der Waals surface area contributed by atoms with Gasteiger partial charge in [-0.1, -0.05) is 27.7 Å². The Bertz CT molecular complexity index is 1650. The van der Waals surface area contributed by atoms with E-state index in [1.165, 1.54) is 0 Å². The summed E-state index contributed by atoms with van der Waals surface area (Å²) in [7, 11) is 1.56. The Labute approximate surface area is 276 Å². The zero-order chi connectivity index (χ0) is 35.9. The summed E-state index contributed by atoms with van der Waals surface area (Å²) in [6.07, 6.45) is -3.45. The van der Waals surface area contributed by atoms with E-state index in [9.17, 15) is 22.4 Å². The number of carbonyl (C=O) groups excluding carboxylic acids is 2. The first-order chi connectivity index (χ1) is 22.5. The number of aromatic nitrogens is 3. The molecule has 2 aromatic heterocycles. The number of alkyl halides is 3. The van der Waals surface area contributed by atoms with Crippen LogP contribution in [0, 0.1) is 23.5 Å². The Hall–Kier alpha value is -4.17. The highest BCUT2D eigenvalue weighted by molar-refractivity contribution is 5.91. The van der Waals surface area contributed by atoms with E-state index in [1.54, 1.807) is 37.4 Å². The zero-order valence-corrected chi connectivity index (χ0v) is 28.3. The lowest BCUT2D eigenvalue weighted by molar-refractivity contribution is -0.275. The summed E-state index contributed by atoms with van der Waals surface area (Å²) in [5.41, 5.74) is 5.14. The maximum absolute atomic E-state index is 16.5. The number of benzene rings is 1. The van der Waals surface area contributed by atoms with Crippen molar-refractivity contribution in [3.05, 3.63) is 35.2 Å². The van der Waals surface area contributed by atoms with Gasteiger partial charge in [0.25, 0.3) is 0 Å². The van der Waals surface area contributed by atoms with E-state index in [0.717, 1.165) is 18.9 Å². The van der Waals surface area contributed by atoms with E-state index in [1.807, 2.05) is 27.7 Å². The maximum Gasteiger partial charge on any atom is 0.573 e. The number of piperidine rings is 1. The van der Waals surface area contributed by atoms with E-state index >= 15 is 4.39 Å². The van der Waals surface area contributed by atoms with Gasteiger partial charge in [0, 0.05) is 43.2 Å². The third kappa shape index (κ3) is 7.59. The standard InChI is InChI=1S/C29H32F5N5O3.C2H5NO.C2H6/c1-12(2)22-20-24(19-16-10-38(11-17(16)19)27(40)42-28(3,4)5)37-39(14-6-7-14)25(20)21(31)23(36-22)15-8-13(35)9-18(30)26(15)41-29(32,33)34;1-3-2-4;1-2/h8-9,12,14,16-17,19H,6-7,10-11,35H2,1-5H3;2H,1H3,(H,3,4);1-2H3/t16-,17+,19?;;. The molecule has 48 heavy (non-hydrogen) atoms. The fraction of sp³-hybridized carbons (Fsp3) is 0.576. The topological polar surface area (TPSA) is 125 Å². The summed E-state index contributed by atoms with van der Waals surface area (Å²) in [5.74, 6) is -3.60. The second kappa shape index (κ2) is 13.7. The molecule has 6 rings (SSSR count). The highest BCUT2D eigenvalue weighted by Gasteiger charge is 2.59. The molecule has 264 valence electrons. The van der Waals surface area contributed by atoms with Crippen molar-refractivity contribution in [2.45, 2.75) is 91.1 Å². The number of fused-ring (bicyclic) bond motifs is 2. The van der Waals surface area contributed by atoms with E-state index in [-0.39, 0.29) is 47.0 Å². The lowest BCUT2D eigenvalue weighted by Crippen LogP contribution is -2.36. The van der Waals surface area contributed by atoms with Gasteiger partial charge in [-0.05, 0) is 57.4 Å². The Kier molecular flexibility index (Phi) is 10.5. The van der Waals surface area contributed by atoms with Crippen molar-refractivity contribution >= 4 is 29.1 Å². The van der Waals surface area contributed by atoms with Gasteiger partial charge in [-0.15, -0.1) is 13.2 Å². The van der Waals surface area contributed by atoms with Gasteiger partial charge in [0.2, 0.25) is 6.41 Å². The number of hydrogen-bond acceptors (Lipinski definition) is 7. The smallest absolute Gasteiger partial charge is 0.444 e. The molecule has 2 amide bonds. The summed E-state index contributed by atoms with van der Waals surface area (Å²) in [5, 5.41) is 7.64. The average Bonchev–Trinajstić information content (AvgIpc) is 3.87. The van der Waals surface area contributed by atoms with Crippen molar-refractivity contribution in [3.63, 3.8) is 0 Å². The summed E-state index contributed by atoms with van der Waals surface area (Å²) < 4.78 is 82.2.